The number of carbonyl (C=O) groups excluding carboxylic acids is 1. The molecule has 1 fully saturated rings. The first-order valence-corrected chi connectivity index (χ1v) is 6.66. The highest BCUT2D eigenvalue weighted by atomic mass is 79.9. The monoisotopic (exact) mass is 339 g/mol. The van der Waals surface area contributed by atoms with Crippen molar-refractivity contribution in [2.75, 3.05) is 13.1 Å². The van der Waals surface area contributed by atoms with Crippen molar-refractivity contribution in [1.29, 1.82) is 0 Å². The lowest BCUT2D eigenvalue weighted by molar-refractivity contribution is -0.184. The molecule has 0 spiro atoms. The average molecular weight is 340 g/mol. The quantitative estimate of drug-likeness (QED) is 0.855. The van der Waals surface area contributed by atoms with Crippen LogP contribution in [0.5, 0.6) is 0 Å². The molecule has 1 aromatic rings. The molecule has 1 aliphatic heterocycles. The van der Waals surface area contributed by atoms with E-state index in [1.165, 1.54) is 4.90 Å². The fourth-order valence-corrected chi connectivity index (χ4v) is 2.48. The van der Waals surface area contributed by atoms with Crippen LogP contribution in [-0.4, -0.2) is 40.3 Å². The second kappa shape index (κ2) is 5.15. The van der Waals surface area contributed by atoms with Crippen molar-refractivity contribution in [2.45, 2.75) is 25.9 Å². The van der Waals surface area contributed by atoms with E-state index in [9.17, 15) is 18.0 Å². The molecular weight excluding hydrogens is 327 g/mol. The Morgan fingerprint density at radius 1 is 1.53 bits per heavy atom. The third kappa shape index (κ3) is 2.93. The molecule has 0 aromatic carbocycles. The number of aromatic nitrogens is 2. The van der Waals surface area contributed by atoms with Crippen LogP contribution in [0.25, 0.3) is 0 Å². The van der Waals surface area contributed by atoms with Gasteiger partial charge in [0.1, 0.15) is 0 Å². The van der Waals surface area contributed by atoms with Gasteiger partial charge in [-0.3, -0.25) is 9.89 Å². The Hall–Kier alpha value is -1.05. The summed E-state index contributed by atoms with van der Waals surface area (Å²) >= 11 is 3.21. The summed E-state index contributed by atoms with van der Waals surface area (Å²) in [5.41, 5.74) is 0.813. The van der Waals surface area contributed by atoms with Gasteiger partial charge in [0.25, 0.3) is 5.91 Å². The van der Waals surface area contributed by atoms with E-state index in [0.29, 0.717) is 23.1 Å². The van der Waals surface area contributed by atoms with Gasteiger partial charge in [0.15, 0.2) is 5.69 Å². The van der Waals surface area contributed by atoms with Gasteiger partial charge in [0.2, 0.25) is 0 Å². The predicted octanol–water partition coefficient (Wildman–Crippen LogP) is 2.90. The van der Waals surface area contributed by atoms with E-state index >= 15 is 0 Å². The maximum atomic E-state index is 12.7. The van der Waals surface area contributed by atoms with Gasteiger partial charge in [0, 0.05) is 18.8 Å². The maximum absolute atomic E-state index is 12.7. The van der Waals surface area contributed by atoms with Gasteiger partial charge in [-0.1, -0.05) is 0 Å². The minimum absolute atomic E-state index is 0.0774. The molecule has 1 aromatic heterocycles. The summed E-state index contributed by atoms with van der Waals surface area (Å²) in [5, 5.41) is 6.47. The average Bonchev–Trinajstić information content (AvgIpc) is 2.68. The summed E-state index contributed by atoms with van der Waals surface area (Å²) in [4.78, 5) is 13.4. The highest BCUT2D eigenvalue weighted by Crippen LogP contribution is 2.33. The highest BCUT2D eigenvalue weighted by molar-refractivity contribution is 9.10. The van der Waals surface area contributed by atoms with Crippen molar-refractivity contribution in [2.24, 2.45) is 5.92 Å². The first-order valence-electron chi connectivity index (χ1n) is 5.87. The van der Waals surface area contributed by atoms with Crippen molar-refractivity contribution in [3.05, 3.63) is 15.9 Å². The van der Waals surface area contributed by atoms with Crippen LogP contribution >= 0.6 is 15.9 Å². The molecule has 0 saturated carbocycles. The Kier molecular flexibility index (Phi) is 3.89. The molecule has 1 saturated heterocycles. The van der Waals surface area contributed by atoms with Crippen LogP contribution in [0.3, 0.4) is 0 Å². The largest absolute Gasteiger partial charge is 0.393 e. The first kappa shape index (κ1) is 14.4. The molecule has 2 heterocycles. The zero-order valence-corrected chi connectivity index (χ0v) is 11.8. The van der Waals surface area contributed by atoms with Crippen LogP contribution in [0.4, 0.5) is 13.2 Å². The summed E-state index contributed by atoms with van der Waals surface area (Å²) in [6.45, 7) is 1.77. The fraction of sp³-hybridized carbons (Fsp3) is 0.636. The normalized spacial score (nSPS) is 20.7. The molecule has 1 atom stereocenters. The van der Waals surface area contributed by atoms with Crippen LogP contribution < -0.4 is 0 Å². The Morgan fingerprint density at radius 3 is 2.74 bits per heavy atom. The van der Waals surface area contributed by atoms with Crippen molar-refractivity contribution in [3.8, 4) is 0 Å². The van der Waals surface area contributed by atoms with Crippen LogP contribution in [0.1, 0.15) is 29.0 Å². The lowest BCUT2D eigenvalue weighted by Crippen LogP contribution is -2.44. The minimum Gasteiger partial charge on any atom is -0.337 e. The zero-order chi connectivity index (χ0) is 14.2. The molecule has 8 heteroatoms. The van der Waals surface area contributed by atoms with Crippen molar-refractivity contribution < 1.29 is 18.0 Å². The molecular formula is C11H13BrF3N3O. The lowest BCUT2D eigenvalue weighted by atomic mass is 9.97. The van der Waals surface area contributed by atoms with Crippen LogP contribution in [0.2, 0.25) is 0 Å². The number of piperidine rings is 1. The first-order chi connectivity index (χ1) is 8.80. The van der Waals surface area contributed by atoms with Crippen molar-refractivity contribution in [1.82, 2.24) is 15.1 Å². The number of rotatable bonds is 1. The van der Waals surface area contributed by atoms with E-state index in [1.54, 1.807) is 6.92 Å². The van der Waals surface area contributed by atoms with Gasteiger partial charge >= 0.3 is 6.18 Å². The number of H-pyrrole nitrogens is 1. The SMILES string of the molecule is Cc1[nH]nc(C(=O)N2CCC[C@@H](C(F)(F)F)C2)c1Br. The summed E-state index contributed by atoms with van der Waals surface area (Å²) in [6, 6.07) is 0. The number of aryl methyl sites for hydroxylation is 1. The van der Waals surface area contributed by atoms with Gasteiger partial charge in [-0.2, -0.15) is 18.3 Å². The molecule has 2 rings (SSSR count). The molecule has 1 N–H and O–H groups in total. The second-order valence-electron chi connectivity index (χ2n) is 4.64. The number of halogens is 4. The Labute approximate surface area is 116 Å². The topological polar surface area (TPSA) is 49.0 Å². The van der Waals surface area contributed by atoms with Gasteiger partial charge in [-0.15, -0.1) is 0 Å². The number of hydrogen-bond acceptors (Lipinski definition) is 2. The summed E-state index contributed by atoms with van der Waals surface area (Å²) in [5.74, 6) is -1.91. The lowest BCUT2D eigenvalue weighted by Gasteiger charge is -2.33. The van der Waals surface area contributed by atoms with Gasteiger partial charge in [-0.25, -0.2) is 0 Å². The third-order valence-corrected chi connectivity index (χ3v) is 4.22. The van der Waals surface area contributed by atoms with E-state index in [1.807, 2.05) is 0 Å². The number of likely N-dealkylation sites (tertiary alicyclic amines) is 1. The zero-order valence-electron chi connectivity index (χ0n) is 10.2. The predicted molar refractivity (Wildman–Crippen MR) is 65.7 cm³/mol. The Balaban J connectivity index is 2.14. The second-order valence-corrected chi connectivity index (χ2v) is 5.44. The van der Waals surface area contributed by atoms with Crippen LogP contribution in [-0.2, 0) is 0 Å². The molecule has 1 aliphatic rings. The van der Waals surface area contributed by atoms with Crippen LogP contribution in [0.15, 0.2) is 4.47 Å². The van der Waals surface area contributed by atoms with Crippen molar-refractivity contribution >= 4 is 21.8 Å². The molecule has 0 bridgehead atoms. The summed E-state index contributed by atoms with van der Waals surface area (Å²) in [6.07, 6.45) is -3.82. The van der Waals surface area contributed by atoms with Gasteiger partial charge in [-0.05, 0) is 35.7 Å². The maximum Gasteiger partial charge on any atom is 0.393 e. The number of nitrogens with one attached hydrogen (secondary N) is 1. The van der Waals surface area contributed by atoms with Crippen LogP contribution in [0, 0.1) is 12.8 Å². The van der Waals surface area contributed by atoms with E-state index in [2.05, 4.69) is 26.1 Å². The fourth-order valence-electron chi connectivity index (χ4n) is 2.14. The third-order valence-electron chi connectivity index (χ3n) is 3.25. The molecule has 0 aliphatic carbocycles. The highest BCUT2D eigenvalue weighted by Gasteiger charge is 2.43. The molecule has 0 unspecified atom stereocenters. The minimum atomic E-state index is -4.25. The number of nitrogens with zero attached hydrogens (tertiary/aromatic N) is 2. The Morgan fingerprint density at radius 2 is 2.21 bits per heavy atom. The molecule has 19 heavy (non-hydrogen) atoms. The van der Waals surface area contributed by atoms with E-state index in [0.717, 1.165) is 0 Å². The number of alkyl halides is 3. The van der Waals surface area contributed by atoms with E-state index in [-0.39, 0.29) is 18.7 Å². The number of hydrogen-bond donors (Lipinski definition) is 1. The van der Waals surface area contributed by atoms with E-state index < -0.39 is 18.0 Å². The smallest absolute Gasteiger partial charge is 0.337 e. The van der Waals surface area contributed by atoms with Gasteiger partial charge in [0.05, 0.1) is 10.4 Å². The molecule has 1 amide bonds. The molecule has 0 radical (unpaired) electrons. The van der Waals surface area contributed by atoms with Crippen molar-refractivity contribution in [3.63, 3.8) is 0 Å². The summed E-state index contributed by atoms with van der Waals surface area (Å²) in [7, 11) is 0. The number of amides is 1. The number of aromatic amines is 1. The summed E-state index contributed by atoms with van der Waals surface area (Å²) < 4.78 is 38.6. The van der Waals surface area contributed by atoms with E-state index in [4.69, 9.17) is 0 Å². The number of carbonyl (C=O) groups is 1. The standard InChI is InChI=1S/C11H13BrF3N3O/c1-6-8(12)9(17-16-6)10(19)18-4-2-3-7(5-18)11(13,14)15/h7H,2-5H2,1H3,(H,16,17)/t7-/m1/s1. The Bertz CT molecular complexity index is 486. The molecule has 106 valence electrons. The van der Waals surface area contributed by atoms with Gasteiger partial charge < -0.3 is 4.90 Å². The molecule has 4 nitrogen and oxygen atoms in total.